The van der Waals surface area contributed by atoms with Crippen molar-refractivity contribution in [3.63, 3.8) is 0 Å². The summed E-state index contributed by atoms with van der Waals surface area (Å²) in [5, 5.41) is 12.6. The Balaban J connectivity index is 2.16. The number of benzene rings is 1. The number of aliphatic hydroxyl groups excluding tert-OH is 1. The number of methoxy groups -OCH3 is 1. The van der Waals surface area contributed by atoms with E-state index in [2.05, 4.69) is 22.3 Å². The Hall–Kier alpha value is -1.10. The Morgan fingerprint density at radius 3 is 2.83 bits per heavy atom. The molecule has 1 heterocycles. The summed E-state index contributed by atoms with van der Waals surface area (Å²) in [7, 11) is 1.69. The SMILES string of the molecule is COc1cccc(C(CCO)N2CCNCC2)c1. The Morgan fingerprint density at radius 2 is 2.17 bits per heavy atom. The minimum absolute atomic E-state index is 0.214. The predicted molar refractivity (Wildman–Crippen MR) is 71.9 cm³/mol. The summed E-state index contributed by atoms with van der Waals surface area (Å²) >= 11 is 0. The second-order valence-corrected chi connectivity index (χ2v) is 4.59. The van der Waals surface area contributed by atoms with Gasteiger partial charge in [0.2, 0.25) is 0 Å². The standard InChI is InChI=1S/C14H22N2O2/c1-18-13-4-2-3-12(11-13)14(5-10-17)16-8-6-15-7-9-16/h2-4,11,14-15,17H,5-10H2,1H3. The van der Waals surface area contributed by atoms with E-state index in [1.807, 2.05) is 12.1 Å². The molecule has 1 unspecified atom stereocenters. The molecule has 0 bridgehead atoms. The van der Waals surface area contributed by atoms with E-state index in [1.54, 1.807) is 7.11 Å². The van der Waals surface area contributed by atoms with E-state index in [0.717, 1.165) is 38.3 Å². The summed E-state index contributed by atoms with van der Waals surface area (Å²) in [6.45, 7) is 4.31. The molecule has 1 aliphatic rings. The summed E-state index contributed by atoms with van der Waals surface area (Å²) in [6, 6.07) is 8.44. The highest BCUT2D eigenvalue weighted by Gasteiger charge is 2.21. The van der Waals surface area contributed by atoms with Crippen molar-refractivity contribution < 1.29 is 9.84 Å². The molecule has 1 aliphatic heterocycles. The third kappa shape index (κ3) is 3.22. The van der Waals surface area contributed by atoms with Crippen molar-refractivity contribution in [1.82, 2.24) is 10.2 Å². The molecule has 0 amide bonds. The van der Waals surface area contributed by atoms with Gasteiger partial charge in [-0.15, -0.1) is 0 Å². The Kier molecular flexibility index (Phi) is 4.99. The fourth-order valence-electron chi connectivity index (χ4n) is 2.52. The molecule has 18 heavy (non-hydrogen) atoms. The van der Waals surface area contributed by atoms with Crippen LogP contribution >= 0.6 is 0 Å². The van der Waals surface area contributed by atoms with Crippen LogP contribution in [0.3, 0.4) is 0 Å². The summed E-state index contributed by atoms with van der Waals surface area (Å²) in [5.41, 5.74) is 1.23. The zero-order valence-corrected chi connectivity index (χ0v) is 10.9. The lowest BCUT2D eigenvalue weighted by Crippen LogP contribution is -2.45. The zero-order chi connectivity index (χ0) is 12.8. The molecule has 1 atom stereocenters. The Labute approximate surface area is 109 Å². The van der Waals surface area contributed by atoms with Gasteiger partial charge in [-0.25, -0.2) is 0 Å². The normalized spacial score (nSPS) is 18.6. The van der Waals surface area contributed by atoms with Gasteiger partial charge in [-0.3, -0.25) is 4.90 Å². The quantitative estimate of drug-likeness (QED) is 0.819. The molecule has 0 radical (unpaired) electrons. The van der Waals surface area contributed by atoms with Gasteiger partial charge >= 0.3 is 0 Å². The van der Waals surface area contributed by atoms with Crippen LogP contribution in [-0.4, -0.2) is 49.9 Å². The highest BCUT2D eigenvalue weighted by atomic mass is 16.5. The monoisotopic (exact) mass is 250 g/mol. The second kappa shape index (κ2) is 6.73. The van der Waals surface area contributed by atoms with Crippen LogP contribution in [0.2, 0.25) is 0 Å². The molecule has 2 rings (SSSR count). The first kappa shape index (κ1) is 13.3. The highest BCUT2D eigenvalue weighted by Crippen LogP contribution is 2.27. The molecule has 0 aromatic heterocycles. The number of aliphatic hydroxyl groups is 1. The molecule has 4 heteroatoms. The summed E-state index contributed by atoms with van der Waals surface area (Å²) in [6.07, 6.45) is 0.771. The molecule has 4 nitrogen and oxygen atoms in total. The van der Waals surface area contributed by atoms with Gasteiger partial charge < -0.3 is 15.2 Å². The molecule has 1 aromatic carbocycles. The van der Waals surface area contributed by atoms with Crippen molar-refractivity contribution in [1.29, 1.82) is 0 Å². The number of rotatable bonds is 5. The lowest BCUT2D eigenvalue weighted by atomic mass is 10.0. The molecule has 0 aliphatic carbocycles. The van der Waals surface area contributed by atoms with E-state index in [1.165, 1.54) is 5.56 Å². The predicted octanol–water partition coefficient (Wildman–Crippen LogP) is 1.02. The molecule has 0 saturated carbocycles. The average molecular weight is 250 g/mol. The van der Waals surface area contributed by atoms with Crippen LogP contribution in [0.4, 0.5) is 0 Å². The van der Waals surface area contributed by atoms with Gasteiger partial charge in [-0.05, 0) is 24.1 Å². The van der Waals surface area contributed by atoms with Crippen molar-refractivity contribution >= 4 is 0 Å². The number of nitrogens with zero attached hydrogens (tertiary/aromatic N) is 1. The number of piperazine rings is 1. The van der Waals surface area contributed by atoms with Crippen molar-refractivity contribution in [2.45, 2.75) is 12.5 Å². The van der Waals surface area contributed by atoms with Crippen LogP contribution in [0.1, 0.15) is 18.0 Å². The molecule has 1 saturated heterocycles. The molecule has 2 N–H and O–H groups in total. The average Bonchev–Trinajstić information content (AvgIpc) is 2.46. The van der Waals surface area contributed by atoms with Crippen molar-refractivity contribution in [2.24, 2.45) is 0 Å². The van der Waals surface area contributed by atoms with Gasteiger partial charge in [0.25, 0.3) is 0 Å². The van der Waals surface area contributed by atoms with Crippen molar-refractivity contribution in [2.75, 3.05) is 39.9 Å². The van der Waals surface area contributed by atoms with Crippen molar-refractivity contribution in [3.05, 3.63) is 29.8 Å². The van der Waals surface area contributed by atoms with Gasteiger partial charge in [0.1, 0.15) is 5.75 Å². The Morgan fingerprint density at radius 1 is 1.39 bits per heavy atom. The fraction of sp³-hybridized carbons (Fsp3) is 0.571. The topological polar surface area (TPSA) is 44.7 Å². The van der Waals surface area contributed by atoms with E-state index < -0.39 is 0 Å². The van der Waals surface area contributed by atoms with E-state index in [0.29, 0.717) is 0 Å². The van der Waals surface area contributed by atoms with Gasteiger partial charge in [0, 0.05) is 38.8 Å². The molecular formula is C14H22N2O2. The summed E-state index contributed by atoms with van der Waals surface area (Å²) in [5.74, 6) is 0.880. The van der Waals surface area contributed by atoms with Crippen molar-refractivity contribution in [3.8, 4) is 5.75 Å². The third-order valence-electron chi connectivity index (χ3n) is 3.47. The first-order chi connectivity index (χ1) is 8.85. The third-order valence-corrected chi connectivity index (χ3v) is 3.47. The molecule has 1 fully saturated rings. The highest BCUT2D eigenvalue weighted by molar-refractivity contribution is 5.30. The Bertz CT molecular complexity index is 365. The summed E-state index contributed by atoms with van der Waals surface area (Å²) < 4.78 is 5.28. The molecule has 100 valence electrons. The number of hydrogen-bond acceptors (Lipinski definition) is 4. The van der Waals surface area contributed by atoms with Crippen LogP contribution in [0, 0.1) is 0 Å². The van der Waals surface area contributed by atoms with Gasteiger partial charge in [0.15, 0.2) is 0 Å². The first-order valence-corrected chi connectivity index (χ1v) is 6.54. The van der Waals surface area contributed by atoms with Crippen LogP contribution in [-0.2, 0) is 0 Å². The van der Waals surface area contributed by atoms with Crippen LogP contribution in [0.25, 0.3) is 0 Å². The maximum Gasteiger partial charge on any atom is 0.119 e. The van der Waals surface area contributed by atoms with Gasteiger partial charge in [-0.1, -0.05) is 12.1 Å². The van der Waals surface area contributed by atoms with Gasteiger partial charge in [0.05, 0.1) is 7.11 Å². The second-order valence-electron chi connectivity index (χ2n) is 4.59. The van der Waals surface area contributed by atoms with E-state index >= 15 is 0 Å². The molecule has 0 spiro atoms. The number of nitrogens with one attached hydrogen (secondary N) is 1. The molecular weight excluding hydrogens is 228 g/mol. The van der Waals surface area contributed by atoms with E-state index in [9.17, 15) is 5.11 Å². The van der Waals surface area contributed by atoms with E-state index in [-0.39, 0.29) is 12.6 Å². The van der Waals surface area contributed by atoms with Crippen LogP contribution < -0.4 is 10.1 Å². The van der Waals surface area contributed by atoms with Crippen LogP contribution in [0.5, 0.6) is 5.75 Å². The fourth-order valence-corrected chi connectivity index (χ4v) is 2.52. The largest absolute Gasteiger partial charge is 0.497 e. The van der Waals surface area contributed by atoms with Gasteiger partial charge in [-0.2, -0.15) is 0 Å². The summed E-state index contributed by atoms with van der Waals surface area (Å²) in [4.78, 5) is 2.43. The molecule has 1 aromatic rings. The lowest BCUT2D eigenvalue weighted by Gasteiger charge is -2.35. The first-order valence-electron chi connectivity index (χ1n) is 6.54. The van der Waals surface area contributed by atoms with E-state index in [4.69, 9.17) is 4.74 Å². The minimum atomic E-state index is 0.214. The maximum absolute atomic E-state index is 9.28. The minimum Gasteiger partial charge on any atom is -0.497 e. The number of ether oxygens (including phenoxy) is 1. The zero-order valence-electron chi connectivity index (χ0n) is 10.9. The van der Waals surface area contributed by atoms with Crippen LogP contribution in [0.15, 0.2) is 24.3 Å². The lowest BCUT2D eigenvalue weighted by molar-refractivity contribution is 0.141. The maximum atomic E-state index is 9.28. The number of hydrogen-bond donors (Lipinski definition) is 2. The smallest absolute Gasteiger partial charge is 0.119 e.